The number of nitrogens with one attached hydrogen (secondary N) is 2. The molecule has 2 atom stereocenters. The number of aromatic nitrogens is 2. The summed E-state index contributed by atoms with van der Waals surface area (Å²) in [4.78, 5) is 18.8. The van der Waals surface area contributed by atoms with Crippen molar-refractivity contribution < 1.29 is 14.1 Å². The van der Waals surface area contributed by atoms with E-state index >= 15 is 0 Å². The van der Waals surface area contributed by atoms with Crippen LogP contribution < -0.4 is 15.5 Å². The molecule has 2 aromatic rings. The number of amides is 2. The molecule has 0 bridgehead atoms. The predicted octanol–water partition coefficient (Wildman–Crippen LogP) is 2.30. The van der Waals surface area contributed by atoms with Crippen LogP contribution in [0.25, 0.3) is 0 Å². The number of hydrogen-bond donors (Lipinski definition) is 2. The lowest BCUT2D eigenvalue weighted by atomic mass is 10.2. The number of carbonyl (C=O) groups is 1. The molecule has 3 heterocycles. The molecule has 0 spiro atoms. The van der Waals surface area contributed by atoms with Crippen LogP contribution in [0.3, 0.4) is 0 Å². The quantitative estimate of drug-likeness (QED) is 0.835. The predicted molar refractivity (Wildman–Crippen MR) is 102 cm³/mol. The molecule has 0 saturated carbocycles. The summed E-state index contributed by atoms with van der Waals surface area (Å²) in [5.41, 5.74) is 2.64. The average molecular weight is 373 g/mol. The lowest BCUT2D eigenvalue weighted by Gasteiger charge is -2.36. The number of pyridine rings is 1. The number of carbonyl (C=O) groups excluding carboxylic acids is 1. The molecular formula is C19H27N5O3. The Morgan fingerprint density at radius 2 is 1.89 bits per heavy atom. The number of rotatable bonds is 5. The van der Waals surface area contributed by atoms with Gasteiger partial charge in [-0.25, -0.2) is 9.78 Å². The zero-order valence-electron chi connectivity index (χ0n) is 16.3. The summed E-state index contributed by atoms with van der Waals surface area (Å²) < 4.78 is 10.8. The number of anilines is 1. The third kappa shape index (κ3) is 4.97. The first-order chi connectivity index (χ1) is 12.9. The number of nitrogens with zero attached hydrogens (tertiary/aromatic N) is 3. The van der Waals surface area contributed by atoms with Crippen molar-refractivity contribution in [1.29, 1.82) is 0 Å². The maximum atomic E-state index is 12.0. The molecule has 1 aliphatic rings. The summed E-state index contributed by atoms with van der Waals surface area (Å²) in [7, 11) is 0. The van der Waals surface area contributed by atoms with Crippen LogP contribution in [0.4, 0.5) is 10.6 Å². The van der Waals surface area contributed by atoms with Crippen LogP contribution in [-0.4, -0.2) is 41.5 Å². The molecule has 1 saturated heterocycles. The van der Waals surface area contributed by atoms with Crippen molar-refractivity contribution in [2.75, 3.05) is 18.0 Å². The summed E-state index contributed by atoms with van der Waals surface area (Å²) >= 11 is 0. The second kappa shape index (κ2) is 8.39. The Labute approximate surface area is 159 Å². The molecule has 146 valence electrons. The maximum Gasteiger partial charge on any atom is 0.315 e. The minimum Gasteiger partial charge on any atom is -0.372 e. The smallest absolute Gasteiger partial charge is 0.315 e. The highest BCUT2D eigenvalue weighted by Crippen LogP contribution is 2.18. The van der Waals surface area contributed by atoms with Crippen LogP contribution in [0.1, 0.15) is 36.4 Å². The van der Waals surface area contributed by atoms with Gasteiger partial charge in [0.25, 0.3) is 0 Å². The average Bonchev–Trinajstić information content (AvgIpc) is 2.96. The van der Waals surface area contributed by atoms with Crippen LogP contribution >= 0.6 is 0 Å². The van der Waals surface area contributed by atoms with E-state index in [1.165, 1.54) is 0 Å². The van der Waals surface area contributed by atoms with Gasteiger partial charge < -0.3 is 24.8 Å². The molecule has 2 aromatic heterocycles. The molecular weight excluding hydrogens is 346 g/mol. The number of morpholine rings is 1. The van der Waals surface area contributed by atoms with Crippen LogP contribution in [0.15, 0.2) is 22.9 Å². The molecule has 0 aliphatic carbocycles. The number of ether oxygens (including phenoxy) is 1. The molecule has 2 amide bonds. The van der Waals surface area contributed by atoms with Crippen LogP contribution in [0.5, 0.6) is 0 Å². The van der Waals surface area contributed by atoms with Gasteiger partial charge in [-0.1, -0.05) is 11.2 Å². The van der Waals surface area contributed by atoms with Crippen molar-refractivity contribution >= 4 is 11.8 Å². The summed E-state index contributed by atoms with van der Waals surface area (Å²) in [5, 5.41) is 9.53. The van der Waals surface area contributed by atoms with Crippen molar-refractivity contribution in [2.45, 2.75) is 53.0 Å². The van der Waals surface area contributed by atoms with Crippen molar-refractivity contribution in [3.05, 3.63) is 40.9 Å². The topological polar surface area (TPSA) is 92.5 Å². The third-order valence-electron chi connectivity index (χ3n) is 4.61. The highest BCUT2D eigenvalue weighted by atomic mass is 16.5. The molecule has 0 aromatic carbocycles. The van der Waals surface area contributed by atoms with Crippen molar-refractivity contribution in [3.8, 4) is 0 Å². The summed E-state index contributed by atoms with van der Waals surface area (Å²) in [6, 6.07) is 3.74. The van der Waals surface area contributed by atoms with E-state index in [-0.39, 0.29) is 18.2 Å². The van der Waals surface area contributed by atoms with Gasteiger partial charge in [-0.15, -0.1) is 0 Å². The van der Waals surface area contributed by atoms with E-state index in [0.29, 0.717) is 13.1 Å². The van der Waals surface area contributed by atoms with Gasteiger partial charge in [0.05, 0.1) is 17.9 Å². The molecule has 27 heavy (non-hydrogen) atoms. The number of aryl methyl sites for hydroxylation is 2. The van der Waals surface area contributed by atoms with Gasteiger partial charge in [0.1, 0.15) is 11.6 Å². The Kier molecular flexibility index (Phi) is 5.95. The lowest BCUT2D eigenvalue weighted by molar-refractivity contribution is -0.00546. The van der Waals surface area contributed by atoms with E-state index < -0.39 is 0 Å². The van der Waals surface area contributed by atoms with E-state index in [1.54, 1.807) is 6.20 Å². The van der Waals surface area contributed by atoms with Crippen LogP contribution in [-0.2, 0) is 17.8 Å². The lowest BCUT2D eigenvalue weighted by Crippen LogP contribution is -2.45. The zero-order chi connectivity index (χ0) is 19.4. The highest BCUT2D eigenvalue weighted by Gasteiger charge is 2.23. The first-order valence-corrected chi connectivity index (χ1v) is 9.21. The minimum absolute atomic E-state index is 0.193. The Hall–Kier alpha value is -2.61. The minimum atomic E-state index is -0.241. The van der Waals surface area contributed by atoms with E-state index in [0.717, 1.165) is 41.5 Å². The molecule has 8 heteroatoms. The summed E-state index contributed by atoms with van der Waals surface area (Å²) in [5.74, 6) is 1.66. The van der Waals surface area contributed by atoms with Gasteiger partial charge in [-0.2, -0.15) is 0 Å². The molecule has 3 rings (SSSR count). The Morgan fingerprint density at radius 1 is 1.19 bits per heavy atom. The van der Waals surface area contributed by atoms with E-state index in [2.05, 4.69) is 39.5 Å². The fourth-order valence-electron chi connectivity index (χ4n) is 3.24. The van der Waals surface area contributed by atoms with Gasteiger partial charge in [-0.05, 0) is 39.3 Å². The van der Waals surface area contributed by atoms with Crippen LogP contribution in [0, 0.1) is 13.8 Å². The number of urea groups is 1. The highest BCUT2D eigenvalue weighted by molar-refractivity contribution is 5.73. The summed E-state index contributed by atoms with van der Waals surface area (Å²) in [6.07, 6.45) is 2.19. The first kappa shape index (κ1) is 19.2. The normalized spacial score (nSPS) is 19.8. The zero-order valence-corrected chi connectivity index (χ0v) is 16.3. The van der Waals surface area contributed by atoms with E-state index in [1.807, 2.05) is 26.0 Å². The van der Waals surface area contributed by atoms with Gasteiger partial charge in [0.2, 0.25) is 0 Å². The molecule has 2 N–H and O–H groups in total. The first-order valence-electron chi connectivity index (χ1n) is 9.21. The molecule has 8 nitrogen and oxygen atoms in total. The SMILES string of the molecule is Cc1noc(C)c1CNC(=O)NCc1ccc(N2CC(C)OC(C)C2)nc1. The van der Waals surface area contributed by atoms with Crippen molar-refractivity contribution in [2.24, 2.45) is 0 Å². The monoisotopic (exact) mass is 373 g/mol. The van der Waals surface area contributed by atoms with Gasteiger partial charge in [0.15, 0.2) is 0 Å². The van der Waals surface area contributed by atoms with Gasteiger partial charge >= 0.3 is 6.03 Å². The molecule has 2 unspecified atom stereocenters. The molecule has 1 aliphatic heterocycles. The molecule has 1 fully saturated rings. The second-order valence-corrected chi connectivity index (χ2v) is 7.03. The van der Waals surface area contributed by atoms with Crippen LogP contribution in [0.2, 0.25) is 0 Å². The summed E-state index contributed by atoms with van der Waals surface area (Å²) in [6.45, 7) is 10.3. The van der Waals surface area contributed by atoms with Crippen molar-refractivity contribution in [1.82, 2.24) is 20.8 Å². The largest absolute Gasteiger partial charge is 0.372 e. The number of hydrogen-bond acceptors (Lipinski definition) is 6. The Bertz CT molecular complexity index is 745. The fraction of sp³-hybridized carbons (Fsp3) is 0.526. The second-order valence-electron chi connectivity index (χ2n) is 7.03. The maximum absolute atomic E-state index is 12.0. The van der Waals surface area contributed by atoms with Gasteiger partial charge in [-0.3, -0.25) is 0 Å². The molecule has 0 radical (unpaired) electrons. The Morgan fingerprint density at radius 3 is 2.48 bits per heavy atom. The van der Waals surface area contributed by atoms with Crippen molar-refractivity contribution in [3.63, 3.8) is 0 Å². The Balaban J connectivity index is 1.47. The van der Waals surface area contributed by atoms with E-state index in [9.17, 15) is 4.79 Å². The fourth-order valence-corrected chi connectivity index (χ4v) is 3.24. The standard InChI is InChI=1S/C19H27N5O3/c1-12-10-24(11-13(2)26-12)18-6-5-16(7-20-18)8-21-19(25)22-9-17-14(3)23-27-15(17)4/h5-7,12-13H,8-11H2,1-4H3,(H2,21,22,25). The van der Waals surface area contributed by atoms with E-state index in [4.69, 9.17) is 9.26 Å². The van der Waals surface area contributed by atoms with Gasteiger partial charge in [0, 0.05) is 37.9 Å². The third-order valence-corrected chi connectivity index (χ3v) is 4.61.